The van der Waals surface area contributed by atoms with E-state index in [0.29, 0.717) is 37.7 Å². The molecule has 0 saturated carbocycles. The molecule has 38 heavy (non-hydrogen) atoms. The molecule has 1 aromatic heterocycles. The lowest BCUT2D eigenvalue weighted by Crippen LogP contribution is -2.40. The van der Waals surface area contributed by atoms with E-state index < -0.39 is 12.0 Å². The van der Waals surface area contributed by atoms with Gasteiger partial charge in [0.05, 0.1) is 42.7 Å². The summed E-state index contributed by atoms with van der Waals surface area (Å²) in [5, 5.41) is 11.7. The molecule has 0 bridgehead atoms. The first-order valence-electron chi connectivity index (χ1n) is 12.0. The number of thiazole rings is 1. The molecule has 9 heteroatoms. The first kappa shape index (κ1) is 25.3. The van der Waals surface area contributed by atoms with Gasteiger partial charge in [0.25, 0.3) is 5.56 Å². The van der Waals surface area contributed by atoms with Crippen molar-refractivity contribution in [1.82, 2.24) is 4.57 Å². The molecular formula is C29H26N2O6S. The highest BCUT2D eigenvalue weighted by atomic mass is 32.1. The van der Waals surface area contributed by atoms with Crippen molar-refractivity contribution in [3.63, 3.8) is 0 Å². The number of carbonyl (C=O) groups excluding carboxylic acids is 1. The molecule has 0 saturated heterocycles. The molecule has 5 rings (SSSR count). The molecule has 0 fully saturated rings. The van der Waals surface area contributed by atoms with Crippen molar-refractivity contribution < 1.29 is 24.1 Å². The van der Waals surface area contributed by atoms with E-state index in [9.17, 15) is 14.7 Å². The van der Waals surface area contributed by atoms with Crippen LogP contribution in [0.15, 0.2) is 75.7 Å². The maximum absolute atomic E-state index is 13.9. The zero-order chi connectivity index (χ0) is 27.0. The van der Waals surface area contributed by atoms with Crippen molar-refractivity contribution in [2.45, 2.75) is 19.9 Å². The average molecular weight is 531 g/mol. The standard InChI is InChI=1S/C29H26N2O6S/c1-5-37-28(34)25-16(2)30-29-31(26(25)20-11-13-22(35-3)19-9-7-6-8-18(19)20)27(33)24(38-29)15-17-10-12-21(32)23(14-17)36-4/h6-15,26,32H,5H2,1-4H3/b24-15+. The second-order valence-corrected chi connectivity index (χ2v) is 9.65. The van der Waals surface area contributed by atoms with Gasteiger partial charge < -0.3 is 19.3 Å². The number of carbonyl (C=O) groups is 1. The van der Waals surface area contributed by atoms with Crippen molar-refractivity contribution in [2.24, 2.45) is 4.99 Å². The van der Waals surface area contributed by atoms with Crippen LogP contribution in [0.2, 0.25) is 0 Å². The number of hydrogen-bond donors (Lipinski definition) is 1. The van der Waals surface area contributed by atoms with Crippen molar-refractivity contribution in [3.05, 3.63) is 96.7 Å². The van der Waals surface area contributed by atoms with Crippen molar-refractivity contribution in [2.75, 3.05) is 20.8 Å². The predicted molar refractivity (Wildman–Crippen MR) is 146 cm³/mol. The number of fused-ring (bicyclic) bond motifs is 2. The highest BCUT2D eigenvalue weighted by molar-refractivity contribution is 7.07. The van der Waals surface area contributed by atoms with Gasteiger partial charge in [-0.2, -0.15) is 0 Å². The Balaban J connectivity index is 1.80. The Hall–Kier alpha value is -4.37. The number of nitrogens with zero attached hydrogens (tertiary/aromatic N) is 2. The topological polar surface area (TPSA) is 99.4 Å². The summed E-state index contributed by atoms with van der Waals surface area (Å²) in [7, 11) is 3.07. The number of methoxy groups -OCH3 is 2. The van der Waals surface area contributed by atoms with Crippen LogP contribution in [-0.2, 0) is 9.53 Å². The third kappa shape index (κ3) is 4.24. The second-order valence-electron chi connectivity index (χ2n) is 8.64. The van der Waals surface area contributed by atoms with E-state index in [0.717, 1.165) is 16.3 Å². The fourth-order valence-electron chi connectivity index (χ4n) is 4.73. The summed E-state index contributed by atoms with van der Waals surface area (Å²) in [6.45, 7) is 3.69. The molecule has 1 aliphatic heterocycles. The van der Waals surface area contributed by atoms with Gasteiger partial charge in [-0.25, -0.2) is 9.79 Å². The number of allylic oxidation sites excluding steroid dienone is 1. The van der Waals surface area contributed by atoms with Gasteiger partial charge in [0, 0.05) is 5.39 Å². The number of rotatable bonds is 6. The van der Waals surface area contributed by atoms with Gasteiger partial charge in [0.2, 0.25) is 0 Å². The molecular weight excluding hydrogens is 504 g/mol. The molecule has 8 nitrogen and oxygen atoms in total. The average Bonchev–Trinajstić information content (AvgIpc) is 3.22. The van der Waals surface area contributed by atoms with Gasteiger partial charge in [-0.1, -0.05) is 47.7 Å². The van der Waals surface area contributed by atoms with Crippen LogP contribution in [0.25, 0.3) is 16.8 Å². The van der Waals surface area contributed by atoms with E-state index in [1.165, 1.54) is 24.5 Å². The monoisotopic (exact) mass is 530 g/mol. The summed E-state index contributed by atoms with van der Waals surface area (Å²) in [5.41, 5.74) is 1.95. The van der Waals surface area contributed by atoms with Crippen LogP contribution in [0.3, 0.4) is 0 Å². The normalized spacial score (nSPS) is 15.3. The highest BCUT2D eigenvalue weighted by Crippen LogP contribution is 2.38. The summed E-state index contributed by atoms with van der Waals surface area (Å²) in [6.07, 6.45) is 1.72. The predicted octanol–water partition coefficient (Wildman–Crippen LogP) is 3.67. The van der Waals surface area contributed by atoms with Crippen molar-refractivity contribution >= 4 is 34.2 Å². The first-order valence-corrected chi connectivity index (χ1v) is 12.8. The van der Waals surface area contributed by atoms with Crippen LogP contribution < -0.4 is 24.4 Å². The molecule has 0 radical (unpaired) electrons. The summed E-state index contributed by atoms with van der Waals surface area (Å²) in [5.74, 6) is 0.481. The fraction of sp³-hybridized carbons (Fsp3) is 0.207. The molecule has 1 atom stereocenters. The van der Waals surface area contributed by atoms with Gasteiger partial charge in [0.15, 0.2) is 16.3 Å². The molecule has 2 heterocycles. The van der Waals surface area contributed by atoms with Crippen molar-refractivity contribution in [3.8, 4) is 17.2 Å². The Morgan fingerprint density at radius 2 is 1.82 bits per heavy atom. The minimum absolute atomic E-state index is 0.00666. The highest BCUT2D eigenvalue weighted by Gasteiger charge is 2.34. The second kappa shape index (κ2) is 10.2. The number of benzene rings is 3. The van der Waals surface area contributed by atoms with Crippen LogP contribution in [0.1, 0.15) is 31.0 Å². The third-order valence-corrected chi connectivity index (χ3v) is 7.43. The van der Waals surface area contributed by atoms with Crippen LogP contribution in [0.5, 0.6) is 17.2 Å². The molecule has 1 aliphatic rings. The molecule has 1 unspecified atom stereocenters. The molecule has 3 aromatic carbocycles. The zero-order valence-electron chi connectivity index (χ0n) is 21.3. The smallest absolute Gasteiger partial charge is 0.338 e. The first-order chi connectivity index (χ1) is 18.4. The largest absolute Gasteiger partial charge is 0.504 e. The lowest BCUT2D eigenvalue weighted by Gasteiger charge is -2.26. The number of phenols is 1. The summed E-state index contributed by atoms with van der Waals surface area (Å²) in [6, 6.07) is 15.5. The maximum atomic E-state index is 13.9. The SMILES string of the molecule is CCOC(=O)C1=C(C)N=c2s/c(=C/c3ccc(O)c(OC)c3)c(=O)n2C1c1ccc(OC)c2ccccc12. The van der Waals surface area contributed by atoms with E-state index in [-0.39, 0.29) is 17.9 Å². The lowest BCUT2D eigenvalue weighted by atomic mass is 9.91. The third-order valence-electron chi connectivity index (χ3n) is 6.45. The molecule has 194 valence electrons. The Labute approximate surface area is 222 Å². The lowest BCUT2D eigenvalue weighted by molar-refractivity contribution is -0.139. The molecule has 4 aromatic rings. The van der Waals surface area contributed by atoms with E-state index in [4.69, 9.17) is 14.2 Å². The number of aromatic hydroxyl groups is 1. The zero-order valence-corrected chi connectivity index (χ0v) is 22.2. The van der Waals surface area contributed by atoms with E-state index >= 15 is 0 Å². The van der Waals surface area contributed by atoms with E-state index in [2.05, 4.69) is 4.99 Å². The van der Waals surface area contributed by atoms with Gasteiger partial charge >= 0.3 is 5.97 Å². The minimum Gasteiger partial charge on any atom is -0.504 e. The van der Waals surface area contributed by atoms with E-state index in [1.807, 2.05) is 36.4 Å². The van der Waals surface area contributed by atoms with Gasteiger partial charge in [-0.05, 0) is 54.6 Å². The Bertz CT molecular complexity index is 1780. The number of aromatic nitrogens is 1. The summed E-state index contributed by atoms with van der Waals surface area (Å²) in [4.78, 5) is 32.3. The van der Waals surface area contributed by atoms with Crippen LogP contribution in [0, 0.1) is 0 Å². The number of phenolic OH excluding ortho intramolecular Hbond substituents is 1. The van der Waals surface area contributed by atoms with Crippen LogP contribution in [-0.4, -0.2) is 36.5 Å². The van der Waals surface area contributed by atoms with Crippen molar-refractivity contribution in [1.29, 1.82) is 0 Å². The Morgan fingerprint density at radius 1 is 1.08 bits per heavy atom. The number of esters is 1. The van der Waals surface area contributed by atoms with Crippen LogP contribution >= 0.6 is 11.3 Å². The fourth-order valence-corrected chi connectivity index (χ4v) is 5.78. The Morgan fingerprint density at radius 3 is 2.53 bits per heavy atom. The number of hydrogen-bond acceptors (Lipinski definition) is 8. The number of ether oxygens (including phenoxy) is 3. The maximum Gasteiger partial charge on any atom is 0.338 e. The summed E-state index contributed by atoms with van der Waals surface area (Å²) >= 11 is 1.23. The van der Waals surface area contributed by atoms with Gasteiger partial charge in [-0.3, -0.25) is 9.36 Å². The minimum atomic E-state index is -0.752. The van der Waals surface area contributed by atoms with Gasteiger partial charge in [0.1, 0.15) is 5.75 Å². The van der Waals surface area contributed by atoms with E-state index in [1.54, 1.807) is 43.7 Å². The molecule has 0 aliphatic carbocycles. The molecule has 1 N–H and O–H groups in total. The van der Waals surface area contributed by atoms with Crippen LogP contribution in [0.4, 0.5) is 0 Å². The molecule has 0 spiro atoms. The molecule has 0 amide bonds. The quantitative estimate of drug-likeness (QED) is 0.382. The van der Waals surface area contributed by atoms with Gasteiger partial charge in [-0.15, -0.1) is 0 Å². The summed E-state index contributed by atoms with van der Waals surface area (Å²) < 4.78 is 18.2. The Kier molecular flexibility index (Phi) is 6.77.